The molecule has 0 aliphatic carbocycles. The van der Waals surface area contributed by atoms with Crippen LogP contribution in [0.4, 0.5) is 0 Å². The van der Waals surface area contributed by atoms with Crippen molar-refractivity contribution in [3.63, 3.8) is 0 Å². The van der Waals surface area contributed by atoms with Crippen molar-refractivity contribution in [2.45, 2.75) is 11.9 Å². The van der Waals surface area contributed by atoms with Crippen molar-refractivity contribution >= 4 is 21.9 Å². The Morgan fingerprint density at radius 3 is 2.33 bits per heavy atom. The maximum atomic E-state index is 12.0. The lowest BCUT2D eigenvalue weighted by Crippen LogP contribution is -2.10. The Balaban J connectivity index is 2.41. The van der Waals surface area contributed by atoms with Crippen LogP contribution >= 0.6 is 15.9 Å². The van der Waals surface area contributed by atoms with E-state index in [4.69, 9.17) is 4.74 Å². The highest BCUT2D eigenvalue weighted by Crippen LogP contribution is 2.24. The minimum Gasteiger partial charge on any atom is -0.447 e. The zero-order valence-corrected chi connectivity index (χ0v) is 11.6. The molecule has 0 aromatic heterocycles. The largest absolute Gasteiger partial charge is 0.447 e. The molecule has 2 aromatic rings. The molecule has 92 valence electrons. The first-order chi connectivity index (χ1) is 8.68. The van der Waals surface area contributed by atoms with E-state index in [0.717, 1.165) is 11.1 Å². The lowest BCUT2D eigenvalue weighted by molar-refractivity contribution is 0.0491. The van der Waals surface area contributed by atoms with Crippen LogP contribution in [0.2, 0.25) is 0 Å². The normalized spacial score (nSPS) is 11.9. The van der Waals surface area contributed by atoms with Crippen LogP contribution in [0.5, 0.6) is 0 Å². The van der Waals surface area contributed by atoms with Gasteiger partial charge in [0.15, 0.2) is 5.01 Å². The van der Waals surface area contributed by atoms with E-state index in [1.165, 1.54) is 0 Å². The van der Waals surface area contributed by atoms with Crippen molar-refractivity contribution in [2.24, 2.45) is 0 Å². The SMILES string of the molecule is CC(Br)OC(=O)c1ccccc1-c1ccccc1. The molecule has 1 unspecified atom stereocenters. The van der Waals surface area contributed by atoms with Crippen LogP contribution in [0.1, 0.15) is 17.3 Å². The predicted octanol–water partition coefficient (Wildman–Crippen LogP) is 4.25. The average molecular weight is 305 g/mol. The molecule has 0 N–H and O–H groups in total. The van der Waals surface area contributed by atoms with Gasteiger partial charge in [-0.25, -0.2) is 4.79 Å². The maximum Gasteiger partial charge on any atom is 0.339 e. The summed E-state index contributed by atoms with van der Waals surface area (Å²) in [5.41, 5.74) is 2.47. The van der Waals surface area contributed by atoms with Crippen molar-refractivity contribution in [1.29, 1.82) is 0 Å². The molecule has 2 rings (SSSR count). The minimum absolute atomic E-state index is 0.297. The Morgan fingerprint density at radius 2 is 1.67 bits per heavy atom. The minimum atomic E-state index is -0.321. The summed E-state index contributed by atoms with van der Waals surface area (Å²) in [5.74, 6) is -0.321. The topological polar surface area (TPSA) is 26.3 Å². The van der Waals surface area contributed by atoms with Crippen molar-refractivity contribution in [3.05, 3.63) is 60.2 Å². The Labute approximate surface area is 115 Å². The highest BCUT2D eigenvalue weighted by Gasteiger charge is 2.14. The quantitative estimate of drug-likeness (QED) is 0.626. The first-order valence-electron chi connectivity index (χ1n) is 5.68. The first kappa shape index (κ1) is 12.8. The molecular weight excluding hydrogens is 292 g/mol. The predicted molar refractivity (Wildman–Crippen MR) is 75.7 cm³/mol. The lowest BCUT2D eigenvalue weighted by Gasteiger charge is -2.10. The molecule has 3 heteroatoms. The highest BCUT2D eigenvalue weighted by molar-refractivity contribution is 9.09. The van der Waals surface area contributed by atoms with Gasteiger partial charge in [-0.3, -0.25) is 0 Å². The third kappa shape index (κ3) is 2.99. The standard InChI is InChI=1S/C15H13BrO2/c1-11(16)18-15(17)14-10-6-5-9-13(14)12-7-3-2-4-8-12/h2-11H,1H3. The number of halogens is 1. The molecule has 0 fully saturated rings. The Kier molecular flexibility index (Phi) is 4.15. The lowest BCUT2D eigenvalue weighted by atomic mass is 10.00. The van der Waals surface area contributed by atoms with Gasteiger partial charge in [-0.15, -0.1) is 0 Å². The van der Waals surface area contributed by atoms with E-state index in [1.54, 1.807) is 13.0 Å². The molecule has 0 amide bonds. The molecule has 2 aromatic carbocycles. The van der Waals surface area contributed by atoms with Crippen molar-refractivity contribution < 1.29 is 9.53 Å². The van der Waals surface area contributed by atoms with Crippen LogP contribution in [0.15, 0.2) is 54.6 Å². The molecular formula is C15H13BrO2. The molecule has 2 nitrogen and oxygen atoms in total. The summed E-state index contributed by atoms with van der Waals surface area (Å²) < 4.78 is 5.18. The average Bonchev–Trinajstić information content (AvgIpc) is 2.39. The zero-order valence-electron chi connectivity index (χ0n) is 9.97. The fraction of sp³-hybridized carbons (Fsp3) is 0.133. The smallest absolute Gasteiger partial charge is 0.339 e. The summed E-state index contributed by atoms with van der Waals surface area (Å²) in [4.78, 5) is 12.0. The molecule has 0 spiro atoms. The number of carbonyl (C=O) groups excluding carboxylic acids is 1. The number of rotatable bonds is 3. The number of carbonyl (C=O) groups is 1. The molecule has 1 atom stereocenters. The monoisotopic (exact) mass is 304 g/mol. The van der Waals surface area contributed by atoms with Crippen LogP contribution in [0, 0.1) is 0 Å². The second-order valence-corrected chi connectivity index (χ2v) is 5.15. The Bertz CT molecular complexity index is 535. The van der Waals surface area contributed by atoms with Gasteiger partial charge in [0.05, 0.1) is 5.56 Å². The van der Waals surface area contributed by atoms with Crippen molar-refractivity contribution in [1.82, 2.24) is 0 Å². The van der Waals surface area contributed by atoms with Crippen LogP contribution in [-0.2, 0) is 4.74 Å². The van der Waals surface area contributed by atoms with Crippen LogP contribution in [0.3, 0.4) is 0 Å². The fourth-order valence-corrected chi connectivity index (χ4v) is 1.91. The van der Waals surface area contributed by atoms with E-state index in [9.17, 15) is 4.79 Å². The van der Waals surface area contributed by atoms with Gasteiger partial charge >= 0.3 is 5.97 Å². The van der Waals surface area contributed by atoms with E-state index in [-0.39, 0.29) is 11.0 Å². The molecule has 0 saturated heterocycles. The summed E-state index contributed by atoms with van der Waals surface area (Å²) in [6, 6.07) is 17.2. The van der Waals surface area contributed by atoms with Gasteiger partial charge in [-0.1, -0.05) is 48.5 Å². The first-order valence-corrected chi connectivity index (χ1v) is 6.59. The summed E-state index contributed by atoms with van der Waals surface area (Å²) in [6.07, 6.45) is 0. The van der Waals surface area contributed by atoms with Gasteiger partial charge < -0.3 is 4.74 Å². The molecule has 0 aliphatic rings. The highest BCUT2D eigenvalue weighted by atomic mass is 79.9. The molecule has 0 saturated carbocycles. The van der Waals surface area contributed by atoms with E-state index in [1.807, 2.05) is 48.5 Å². The van der Waals surface area contributed by atoms with Crippen molar-refractivity contribution in [2.75, 3.05) is 0 Å². The zero-order chi connectivity index (χ0) is 13.0. The molecule has 18 heavy (non-hydrogen) atoms. The van der Waals surface area contributed by atoms with Crippen LogP contribution < -0.4 is 0 Å². The van der Waals surface area contributed by atoms with E-state index >= 15 is 0 Å². The van der Waals surface area contributed by atoms with E-state index in [2.05, 4.69) is 15.9 Å². The Morgan fingerprint density at radius 1 is 1.06 bits per heavy atom. The molecule has 0 aliphatic heterocycles. The van der Waals surface area contributed by atoms with Gasteiger partial charge in [0.25, 0.3) is 0 Å². The maximum absolute atomic E-state index is 12.0. The molecule has 0 bridgehead atoms. The second-order valence-electron chi connectivity index (χ2n) is 3.86. The van der Waals surface area contributed by atoms with Crippen LogP contribution in [0.25, 0.3) is 11.1 Å². The summed E-state index contributed by atoms with van der Waals surface area (Å²) in [6.45, 7) is 1.77. The summed E-state index contributed by atoms with van der Waals surface area (Å²) in [5, 5.41) is -0.297. The third-order valence-corrected chi connectivity index (χ3v) is 2.69. The fourth-order valence-electron chi connectivity index (χ4n) is 1.74. The third-order valence-electron chi connectivity index (χ3n) is 2.50. The molecule has 0 heterocycles. The van der Waals surface area contributed by atoms with Crippen LogP contribution in [-0.4, -0.2) is 11.0 Å². The number of hydrogen-bond donors (Lipinski definition) is 0. The van der Waals surface area contributed by atoms with Crippen molar-refractivity contribution in [3.8, 4) is 11.1 Å². The van der Waals surface area contributed by atoms with Gasteiger partial charge in [-0.05, 0) is 40.0 Å². The van der Waals surface area contributed by atoms with Gasteiger partial charge in [-0.2, -0.15) is 0 Å². The van der Waals surface area contributed by atoms with Gasteiger partial charge in [0, 0.05) is 0 Å². The van der Waals surface area contributed by atoms with E-state index in [0.29, 0.717) is 5.56 Å². The second kappa shape index (κ2) is 5.83. The summed E-state index contributed by atoms with van der Waals surface area (Å²) in [7, 11) is 0. The van der Waals surface area contributed by atoms with E-state index < -0.39 is 0 Å². The molecule has 0 radical (unpaired) electrons. The number of hydrogen-bond acceptors (Lipinski definition) is 2. The number of benzene rings is 2. The number of alkyl halides is 1. The Hall–Kier alpha value is -1.61. The number of ether oxygens (including phenoxy) is 1. The van der Waals surface area contributed by atoms with Gasteiger partial charge in [0.1, 0.15) is 0 Å². The summed E-state index contributed by atoms with van der Waals surface area (Å²) >= 11 is 3.21. The number of esters is 1. The van der Waals surface area contributed by atoms with Gasteiger partial charge in [0.2, 0.25) is 0 Å².